The first kappa shape index (κ1) is 11.2. The van der Waals surface area contributed by atoms with E-state index in [-0.39, 0.29) is 0 Å². The molecular formula is C10H8Cl2N4. The zero-order chi connectivity index (χ0) is 11.7. The van der Waals surface area contributed by atoms with Gasteiger partial charge in [-0.2, -0.15) is 10.4 Å². The van der Waals surface area contributed by atoms with Gasteiger partial charge in [-0.15, -0.1) is 11.6 Å². The van der Waals surface area contributed by atoms with Crippen molar-refractivity contribution in [2.75, 3.05) is 5.88 Å². The van der Waals surface area contributed by atoms with Crippen molar-refractivity contribution < 1.29 is 0 Å². The van der Waals surface area contributed by atoms with Crippen molar-refractivity contribution in [2.45, 2.75) is 13.3 Å². The second kappa shape index (κ2) is 4.28. The van der Waals surface area contributed by atoms with Crippen LogP contribution < -0.4 is 0 Å². The van der Waals surface area contributed by atoms with Gasteiger partial charge < -0.3 is 0 Å². The minimum absolute atomic E-state index is 0.419. The molecule has 0 unspecified atom stereocenters. The third-order valence-corrected chi connectivity index (χ3v) is 2.93. The van der Waals surface area contributed by atoms with Gasteiger partial charge in [-0.1, -0.05) is 11.6 Å². The van der Waals surface area contributed by atoms with Crippen LogP contribution >= 0.6 is 23.2 Å². The Hall–Kier alpha value is -1.31. The molecule has 6 heteroatoms. The van der Waals surface area contributed by atoms with Crippen LogP contribution in [-0.2, 0) is 6.42 Å². The minimum Gasteiger partial charge on any atom is -0.232 e. The predicted octanol–water partition coefficient (Wildman–Crippen LogP) is 2.34. The Labute approximate surface area is 102 Å². The molecule has 0 aromatic carbocycles. The van der Waals surface area contributed by atoms with Crippen molar-refractivity contribution in [3.63, 3.8) is 0 Å². The molecule has 0 aliphatic heterocycles. The zero-order valence-corrected chi connectivity index (χ0v) is 10.0. The highest BCUT2D eigenvalue weighted by Gasteiger charge is 2.14. The quantitative estimate of drug-likeness (QED) is 0.611. The lowest BCUT2D eigenvalue weighted by Gasteiger charge is -2.07. The van der Waals surface area contributed by atoms with Crippen LogP contribution in [0.2, 0.25) is 5.15 Å². The molecule has 0 N–H and O–H groups in total. The van der Waals surface area contributed by atoms with Crippen molar-refractivity contribution in [3.8, 4) is 6.07 Å². The second-order valence-electron chi connectivity index (χ2n) is 3.31. The smallest absolute Gasteiger partial charge is 0.174 e. The van der Waals surface area contributed by atoms with Crippen LogP contribution in [-0.4, -0.2) is 20.5 Å². The summed E-state index contributed by atoms with van der Waals surface area (Å²) < 4.78 is 1.47. The van der Waals surface area contributed by atoms with Gasteiger partial charge in [0, 0.05) is 17.1 Å². The highest BCUT2D eigenvalue weighted by atomic mass is 35.5. The molecular weight excluding hydrogens is 247 g/mol. The van der Waals surface area contributed by atoms with Gasteiger partial charge in [-0.3, -0.25) is 0 Å². The summed E-state index contributed by atoms with van der Waals surface area (Å²) in [6.45, 7) is 1.85. The highest BCUT2D eigenvalue weighted by Crippen LogP contribution is 2.22. The summed E-state index contributed by atoms with van der Waals surface area (Å²) >= 11 is 11.9. The lowest BCUT2D eigenvalue weighted by Crippen LogP contribution is -2.03. The Balaban J connectivity index is 2.76. The molecule has 82 valence electrons. The SMILES string of the molecule is Cc1nc2c(C#N)cnn2c(Cl)c1CCCl. The number of nitriles is 1. The normalized spacial score (nSPS) is 10.6. The summed E-state index contributed by atoms with van der Waals surface area (Å²) in [7, 11) is 0. The van der Waals surface area contributed by atoms with Gasteiger partial charge in [-0.25, -0.2) is 9.50 Å². The lowest BCUT2D eigenvalue weighted by molar-refractivity contribution is 0.897. The largest absolute Gasteiger partial charge is 0.232 e. The maximum atomic E-state index is 8.87. The Morgan fingerprint density at radius 1 is 1.56 bits per heavy atom. The van der Waals surface area contributed by atoms with Crippen molar-refractivity contribution in [1.29, 1.82) is 5.26 Å². The molecule has 0 aliphatic carbocycles. The van der Waals surface area contributed by atoms with Gasteiger partial charge >= 0.3 is 0 Å². The number of hydrogen-bond acceptors (Lipinski definition) is 3. The fourth-order valence-corrected chi connectivity index (χ4v) is 2.10. The molecule has 0 bridgehead atoms. The van der Waals surface area contributed by atoms with Gasteiger partial charge in [0.1, 0.15) is 16.8 Å². The maximum Gasteiger partial charge on any atom is 0.174 e. The molecule has 4 nitrogen and oxygen atoms in total. The van der Waals surface area contributed by atoms with Gasteiger partial charge in [0.2, 0.25) is 0 Å². The van der Waals surface area contributed by atoms with Crippen molar-refractivity contribution >= 4 is 28.8 Å². The van der Waals surface area contributed by atoms with Crippen LogP contribution in [0.4, 0.5) is 0 Å². The Bertz CT molecular complexity index is 582. The number of hydrogen-bond donors (Lipinski definition) is 0. The van der Waals surface area contributed by atoms with Gasteiger partial charge in [0.15, 0.2) is 5.65 Å². The molecule has 2 rings (SSSR count). The van der Waals surface area contributed by atoms with Crippen LogP contribution in [0, 0.1) is 18.3 Å². The van der Waals surface area contributed by atoms with E-state index in [1.807, 2.05) is 13.0 Å². The molecule has 16 heavy (non-hydrogen) atoms. The number of aromatic nitrogens is 3. The number of halogens is 2. The van der Waals surface area contributed by atoms with Crippen LogP contribution in [0.5, 0.6) is 0 Å². The Morgan fingerprint density at radius 3 is 2.94 bits per heavy atom. The molecule has 2 aromatic rings. The summed E-state index contributed by atoms with van der Waals surface area (Å²) in [5.74, 6) is 0.472. The molecule has 0 atom stereocenters. The number of fused-ring (bicyclic) bond motifs is 1. The van der Waals surface area contributed by atoms with E-state index in [0.717, 1.165) is 11.3 Å². The molecule has 2 aromatic heterocycles. The fraction of sp³-hybridized carbons (Fsp3) is 0.300. The van der Waals surface area contributed by atoms with E-state index in [1.54, 1.807) is 0 Å². The number of alkyl halides is 1. The van der Waals surface area contributed by atoms with Crippen LogP contribution in [0.3, 0.4) is 0 Å². The first-order valence-corrected chi connectivity index (χ1v) is 5.59. The van der Waals surface area contributed by atoms with Crippen molar-refractivity contribution in [1.82, 2.24) is 14.6 Å². The number of nitrogens with zero attached hydrogens (tertiary/aromatic N) is 4. The minimum atomic E-state index is 0.419. The lowest BCUT2D eigenvalue weighted by atomic mass is 10.2. The van der Waals surface area contributed by atoms with E-state index < -0.39 is 0 Å². The van der Waals surface area contributed by atoms with E-state index in [0.29, 0.717) is 28.7 Å². The summed E-state index contributed by atoms with van der Waals surface area (Å²) in [5, 5.41) is 13.4. The van der Waals surface area contributed by atoms with Gasteiger partial charge in [0.05, 0.1) is 6.20 Å². The standard InChI is InChI=1S/C10H8Cl2N4/c1-6-8(2-3-11)9(12)16-10(15-6)7(4-13)5-14-16/h5H,2-3H2,1H3. The van der Waals surface area contributed by atoms with Gasteiger partial charge in [0.25, 0.3) is 0 Å². The zero-order valence-electron chi connectivity index (χ0n) is 8.54. The summed E-state index contributed by atoms with van der Waals surface area (Å²) in [4.78, 5) is 4.32. The molecule has 0 fully saturated rings. The highest BCUT2D eigenvalue weighted by molar-refractivity contribution is 6.30. The number of aryl methyl sites for hydroxylation is 1. The van der Waals surface area contributed by atoms with Crippen LogP contribution in [0.15, 0.2) is 6.20 Å². The van der Waals surface area contributed by atoms with E-state index in [2.05, 4.69) is 10.1 Å². The van der Waals surface area contributed by atoms with Crippen LogP contribution in [0.25, 0.3) is 5.65 Å². The fourth-order valence-electron chi connectivity index (χ4n) is 1.55. The van der Waals surface area contributed by atoms with Gasteiger partial charge in [-0.05, 0) is 13.3 Å². The topological polar surface area (TPSA) is 54.0 Å². The molecule has 0 saturated heterocycles. The molecule has 0 amide bonds. The van der Waals surface area contributed by atoms with Crippen molar-refractivity contribution in [2.24, 2.45) is 0 Å². The second-order valence-corrected chi connectivity index (χ2v) is 4.05. The average Bonchev–Trinajstić information content (AvgIpc) is 2.67. The first-order valence-electron chi connectivity index (χ1n) is 4.67. The number of rotatable bonds is 2. The van der Waals surface area contributed by atoms with E-state index >= 15 is 0 Å². The summed E-state index contributed by atoms with van der Waals surface area (Å²) in [6.07, 6.45) is 2.09. The Kier molecular flexibility index (Phi) is 2.99. The average molecular weight is 255 g/mol. The van der Waals surface area contributed by atoms with E-state index in [1.165, 1.54) is 10.7 Å². The van der Waals surface area contributed by atoms with E-state index in [4.69, 9.17) is 28.5 Å². The third-order valence-electron chi connectivity index (χ3n) is 2.35. The Morgan fingerprint density at radius 2 is 2.31 bits per heavy atom. The summed E-state index contributed by atoms with van der Waals surface area (Å²) in [5.41, 5.74) is 2.57. The van der Waals surface area contributed by atoms with E-state index in [9.17, 15) is 0 Å². The van der Waals surface area contributed by atoms with Crippen molar-refractivity contribution in [3.05, 3.63) is 28.2 Å². The first-order chi connectivity index (χ1) is 7.69. The maximum absolute atomic E-state index is 8.87. The molecule has 0 saturated carbocycles. The third kappa shape index (κ3) is 1.62. The predicted molar refractivity (Wildman–Crippen MR) is 61.9 cm³/mol. The molecule has 0 aliphatic rings. The molecule has 0 spiro atoms. The molecule has 2 heterocycles. The summed E-state index contributed by atoms with van der Waals surface area (Å²) in [6, 6.07) is 2.03. The van der Waals surface area contributed by atoms with Crippen LogP contribution in [0.1, 0.15) is 16.8 Å². The monoisotopic (exact) mass is 254 g/mol. The molecule has 0 radical (unpaired) electrons.